The van der Waals surface area contributed by atoms with Gasteiger partial charge in [0.15, 0.2) is 5.82 Å². The van der Waals surface area contributed by atoms with Crippen molar-refractivity contribution in [1.82, 2.24) is 9.97 Å². The number of rotatable bonds is 2. The van der Waals surface area contributed by atoms with E-state index in [1.807, 2.05) is 6.07 Å². The van der Waals surface area contributed by atoms with Gasteiger partial charge in [-0.05, 0) is 61.3 Å². The second-order valence-electron chi connectivity index (χ2n) is 9.86. The summed E-state index contributed by atoms with van der Waals surface area (Å²) in [7, 11) is 0. The lowest BCUT2D eigenvalue weighted by Gasteiger charge is -2.12. The lowest BCUT2D eigenvalue weighted by atomic mass is 9.97. The summed E-state index contributed by atoms with van der Waals surface area (Å²) < 4.78 is 0. The van der Waals surface area contributed by atoms with Gasteiger partial charge >= 0.3 is 0 Å². The number of aromatic nitrogens is 2. The van der Waals surface area contributed by atoms with Crippen LogP contribution in [-0.2, 0) is 0 Å². The highest BCUT2D eigenvalue weighted by Gasteiger charge is 2.13. The predicted molar refractivity (Wildman–Crippen MR) is 160 cm³/mol. The predicted octanol–water partition coefficient (Wildman–Crippen LogP) is 9.58. The Kier molecular flexibility index (Phi) is 4.55. The molecule has 38 heavy (non-hydrogen) atoms. The first kappa shape index (κ1) is 21.0. The Balaban J connectivity index is 1.33. The van der Waals surface area contributed by atoms with Gasteiger partial charge in [0.25, 0.3) is 0 Å². The molecule has 0 aliphatic heterocycles. The average Bonchev–Trinajstić information content (AvgIpc) is 2.99. The molecule has 7 aromatic carbocycles. The summed E-state index contributed by atoms with van der Waals surface area (Å²) in [5.74, 6) is 0.743. The number of hydrogen-bond donors (Lipinski definition) is 0. The van der Waals surface area contributed by atoms with Gasteiger partial charge in [-0.15, -0.1) is 0 Å². The molecule has 0 unspecified atom stereocenters. The van der Waals surface area contributed by atoms with E-state index < -0.39 is 0 Å². The number of benzene rings is 7. The Hall–Kier alpha value is -5.08. The molecule has 0 saturated heterocycles. The van der Waals surface area contributed by atoms with E-state index in [4.69, 9.17) is 9.97 Å². The summed E-state index contributed by atoms with van der Waals surface area (Å²) in [6, 6.07) is 47.4. The van der Waals surface area contributed by atoms with Crippen LogP contribution in [0.3, 0.4) is 0 Å². The molecule has 8 rings (SSSR count). The highest BCUT2D eigenvalue weighted by Crippen LogP contribution is 2.34. The Labute approximate surface area is 219 Å². The van der Waals surface area contributed by atoms with E-state index in [-0.39, 0.29) is 0 Å². The molecule has 0 aliphatic carbocycles. The van der Waals surface area contributed by atoms with Crippen LogP contribution in [0.25, 0.3) is 76.6 Å². The van der Waals surface area contributed by atoms with Crippen molar-refractivity contribution >= 4 is 54.0 Å². The van der Waals surface area contributed by atoms with E-state index in [0.29, 0.717) is 0 Å². The molecule has 0 saturated carbocycles. The zero-order chi connectivity index (χ0) is 25.1. The van der Waals surface area contributed by atoms with Crippen molar-refractivity contribution in [3.8, 4) is 22.6 Å². The Morgan fingerprint density at radius 1 is 0.342 bits per heavy atom. The lowest BCUT2D eigenvalue weighted by Crippen LogP contribution is -1.95. The van der Waals surface area contributed by atoms with Crippen molar-refractivity contribution in [2.24, 2.45) is 0 Å². The minimum absolute atomic E-state index is 0.743. The second kappa shape index (κ2) is 8.22. The van der Waals surface area contributed by atoms with Crippen LogP contribution in [0.5, 0.6) is 0 Å². The first-order chi connectivity index (χ1) is 18.8. The molecule has 0 spiro atoms. The van der Waals surface area contributed by atoms with Gasteiger partial charge in [-0.1, -0.05) is 115 Å². The van der Waals surface area contributed by atoms with Crippen LogP contribution in [-0.4, -0.2) is 9.97 Å². The zero-order valence-electron chi connectivity index (χ0n) is 20.6. The molecule has 8 aromatic rings. The van der Waals surface area contributed by atoms with Crippen LogP contribution in [0.1, 0.15) is 0 Å². The van der Waals surface area contributed by atoms with Crippen LogP contribution >= 0.6 is 0 Å². The largest absolute Gasteiger partial charge is 0.228 e. The van der Waals surface area contributed by atoms with Gasteiger partial charge in [0.2, 0.25) is 0 Å². The fraction of sp³-hybridized carbons (Fsp3) is 0. The SMILES string of the molecule is c1ccc2c(c1)ccc1cc(-c3nc(-c4ccc5c(ccc6ccccc65)c4)c4ccccc4n3)ccc12. The minimum Gasteiger partial charge on any atom is -0.228 e. The van der Waals surface area contributed by atoms with Crippen molar-refractivity contribution in [3.05, 3.63) is 133 Å². The highest BCUT2D eigenvalue weighted by molar-refractivity contribution is 6.10. The standard InChI is InChI=1S/C36H22N2/c1-3-9-29-23(7-1)13-15-25-21-27(17-19-31(25)29)35-33-11-5-6-12-34(33)37-36(38-35)28-18-20-32-26(22-28)16-14-24-8-2-4-10-30(24)32/h1-22H. The summed E-state index contributed by atoms with van der Waals surface area (Å²) in [6.45, 7) is 0. The van der Waals surface area contributed by atoms with Crippen molar-refractivity contribution in [2.75, 3.05) is 0 Å². The quantitative estimate of drug-likeness (QED) is 0.229. The van der Waals surface area contributed by atoms with Gasteiger partial charge < -0.3 is 0 Å². The van der Waals surface area contributed by atoms with Gasteiger partial charge in [-0.25, -0.2) is 9.97 Å². The summed E-state index contributed by atoms with van der Waals surface area (Å²) >= 11 is 0. The van der Waals surface area contributed by atoms with Crippen LogP contribution < -0.4 is 0 Å². The normalized spacial score (nSPS) is 11.7. The van der Waals surface area contributed by atoms with E-state index >= 15 is 0 Å². The number of fused-ring (bicyclic) bond motifs is 7. The first-order valence-electron chi connectivity index (χ1n) is 12.9. The summed E-state index contributed by atoms with van der Waals surface area (Å²) in [5, 5.41) is 11.0. The number of hydrogen-bond acceptors (Lipinski definition) is 2. The number of nitrogens with zero attached hydrogens (tertiary/aromatic N) is 2. The van der Waals surface area contributed by atoms with E-state index in [2.05, 4.69) is 127 Å². The maximum absolute atomic E-state index is 5.17. The van der Waals surface area contributed by atoms with Gasteiger partial charge in [0.05, 0.1) is 11.2 Å². The highest BCUT2D eigenvalue weighted by atomic mass is 14.9. The topological polar surface area (TPSA) is 25.8 Å². The van der Waals surface area contributed by atoms with Crippen molar-refractivity contribution in [3.63, 3.8) is 0 Å². The third-order valence-electron chi connectivity index (χ3n) is 7.62. The van der Waals surface area contributed by atoms with Gasteiger partial charge in [0.1, 0.15) is 0 Å². The monoisotopic (exact) mass is 482 g/mol. The van der Waals surface area contributed by atoms with E-state index in [1.165, 1.54) is 43.1 Å². The molecule has 2 nitrogen and oxygen atoms in total. The zero-order valence-corrected chi connectivity index (χ0v) is 20.6. The Morgan fingerprint density at radius 2 is 0.842 bits per heavy atom. The van der Waals surface area contributed by atoms with Crippen LogP contribution in [0.2, 0.25) is 0 Å². The smallest absolute Gasteiger partial charge is 0.160 e. The molecule has 0 amide bonds. The minimum atomic E-state index is 0.743. The summed E-state index contributed by atoms with van der Waals surface area (Å²) in [5.41, 5.74) is 4.02. The molecule has 2 heteroatoms. The van der Waals surface area contributed by atoms with Gasteiger partial charge in [-0.2, -0.15) is 0 Å². The summed E-state index contributed by atoms with van der Waals surface area (Å²) in [6.07, 6.45) is 0. The van der Waals surface area contributed by atoms with Crippen LogP contribution in [0, 0.1) is 0 Å². The molecule has 0 aliphatic rings. The number of para-hydroxylation sites is 1. The van der Waals surface area contributed by atoms with Crippen molar-refractivity contribution < 1.29 is 0 Å². The van der Waals surface area contributed by atoms with E-state index in [9.17, 15) is 0 Å². The first-order valence-corrected chi connectivity index (χ1v) is 12.9. The molecule has 0 atom stereocenters. The van der Waals surface area contributed by atoms with Gasteiger partial charge in [0, 0.05) is 16.5 Å². The molecule has 176 valence electrons. The molecule has 1 heterocycles. The maximum Gasteiger partial charge on any atom is 0.160 e. The fourth-order valence-corrected chi connectivity index (χ4v) is 5.74. The molecule has 0 fully saturated rings. The van der Waals surface area contributed by atoms with Crippen molar-refractivity contribution in [2.45, 2.75) is 0 Å². The molecule has 0 bridgehead atoms. The third kappa shape index (κ3) is 3.28. The average molecular weight is 483 g/mol. The van der Waals surface area contributed by atoms with Crippen LogP contribution in [0.4, 0.5) is 0 Å². The van der Waals surface area contributed by atoms with Crippen LogP contribution in [0.15, 0.2) is 133 Å². The molecular formula is C36H22N2. The molecular weight excluding hydrogens is 460 g/mol. The molecule has 0 radical (unpaired) electrons. The summed E-state index contributed by atoms with van der Waals surface area (Å²) in [4.78, 5) is 10.2. The maximum atomic E-state index is 5.17. The van der Waals surface area contributed by atoms with Crippen molar-refractivity contribution in [1.29, 1.82) is 0 Å². The lowest BCUT2D eigenvalue weighted by molar-refractivity contribution is 1.23. The molecule has 1 aromatic heterocycles. The van der Waals surface area contributed by atoms with E-state index in [0.717, 1.165) is 33.5 Å². The fourth-order valence-electron chi connectivity index (χ4n) is 5.74. The van der Waals surface area contributed by atoms with E-state index in [1.54, 1.807) is 0 Å². The second-order valence-corrected chi connectivity index (χ2v) is 9.86. The Morgan fingerprint density at radius 3 is 1.53 bits per heavy atom. The Bertz CT molecular complexity index is 2190. The molecule has 0 N–H and O–H groups in total. The third-order valence-corrected chi connectivity index (χ3v) is 7.62. The van der Waals surface area contributed by atoms with Gasteiger partial charge in [-0.3, -0.25) is 0 Å².